The normalized spacial score (nSPS) is 15.6. The first-order valence-corrected chi connectivity index (χ1v) is 10.9. The molecular weight excluding hydrogens is 392 g/mol. The van der Waals surface area contributed by atoms with Gasteiger partial charge in [0.25, 0.3) is 0 Å². The van der Waals surface area contributed by atoms with Crippen LogP contribution < -0.4 is 9.47 Å². The Morgan fingerprint density at radius 2 is 1.68 bits per heavy atom. The fourth-order valence-electron chi connectivity index (χ4n) is 2.89. The topological polar surface area (TPSA) is 52.6 Å². The molecular formula is C22H18O4S2. The highest BCUT2D eigenvalue weighted by atomic mass is 32.2. The van der Waals surface area contributed by atoms with E-state index in [1.165, 1.54) is 6.08 Å². The zero-order chi connectivity index (χ0) is 19.3. The van der Waals surface area contributed by atoms with Crippen molar-refractivity contribution in [3.8, 4) is 11.5 Å². The van der Waals surface area contributed by atoms with E-state index in [1.54, 1.807) is 41.7 Å². The molecule has 28 heavy (non-hydrogen) atoms. The van der Waals surface area contributed by atoms with Gasteiger partial charge in [-0.25, -0.2) is 0 Å². The highest BCUT2D eigenvalue weighted by Crippen LogP contribution is 2.38. The van der Waals surface area contributed by atoms with Crippen molar-refractivity contribution in [3.63, 3.8) is 0 Å². The van der Waals surface area contributed by atoms with Crippen LogP contribution in [0.5, 0.6) is 11.5 Å². The lowest BCUT2D eigenvalue weighted by Crippen LogP contribution is -2.14. The lowest BCUT2D eigenvalue weighted by atomic mass is 10.0. The van der Waals surface area contributed by atoms with Gasteiger partial charge in [0.2, 0.25) is 6.79 Å². The number of thioether (sulfide) groups is 2. The van der Waals surface area contributed by atoms with Gasteiger partial charge in [-0.05, 0) is 41.7 Å². The van der Waals surface area contributed by atoms with E-state index in [-0.39, 0.29) is 23.9 Å². The Kier molecular flexibility index (Phi) is 5.88. The van der Waals surface area contributed by atoms with E-state index in [9.17, 15) is 9.59 Å². The van der Waals surface area contributed by atoms with Crippen LogP contribution in [-0.4, -0.2) is 29.9 Å². The van der Waals surface area contributed by atoms with Crippen LogP contribution in [0.25, 0.3) is 6.08 Å². The lowest BCUT2D eigenvalue weighted by Gasteiger charge is -2.16. The van der Waals surface area contributed by atoms with E-state index in [0.717, 1.165) is 27.7 Å². The standard InChI is InChI=1S/C22H18O4S2/c23-17(9-7-15-8-10-18-19(13-15)26-14-25-18)20(22-27-11-4-12-28-22)21(24)16-5-2-1-3-6-16/h1-3,5-10,13H,4,11-12,14H2/b9-7+. The minimum absolute atomic E-state index is 0.206. The molecule has 0 atom stereocenters. The summed E-state index contributed by atoms with van der Waals surface area (Å²) in [6.45, 7) is 0.206. The number of ketones is 2. The molecule has 1 fully saturated rings. The fraction of sp³-hybridized carbons (Fsp3) is 0.182. The predicted octanol–water partition coefficient (Wildman–Crippen LogP) is 4.96. The van der Waals surface area contributed by atoms with Crippen molar-refractivity contribution in [3.05, 3.63) is 75.5 Å². The molecule has 0 radical (unpaired) electrons. The zero-order valence-corrected chi connectivity index (χ0v) is 16.7. The maximum atomic E-state index is 13.1. The maximum Gasteiger partial charge on any atom is 0.231 e. The summed E-state index contributed by atoms with van der Waals surface area (Å²) in [7, 11) is 0. The Labute approximate surface area is 172 Å². The van der Waals surface area contributed by atoms with Gasteiger partial charge in [-0.3, -0.25) is 9.59 Å². The van der Waals surface area contributed by atoms with Crippen LogP contribution in [0.4, 0.5) is 0 Å². The molecule has 0 amide bonds. The van der Waals surface area contributed by atoms with Crippen molar-refractivity contribution < 1.29 is 19.1 Å². The van der Waals surface area contributed by atoms with Crippen LogP contribution in [0.1, 0.15) is 22.3 Å². The van der Waals surface area contributed by atoms with Crippen molar-refractivity contribution in [1.29, 1.82) is 0 Å². The third kappa shape index (κ3) is 4.18. The summed E-state index contributed by atoms with van der Waals surface area (Å²) < 4.78 is 11.5. The van der Waals surface area contributed by atoms with Crippen LogP contribution in [0.3, 0.4) is 0 Å². The number of fused-ring (bicyclic) bond motifs is 1. The number of Topliss-reactive ketones (excluding diaryl/α,β-unsaturated/α-hetero) is 1. The Morgan fingerprint density at radius 3 is 2.46 bits per heavy atom. The molecule has 6 heteroatoms. The summed E-state index contributed by atoms with van der Waals surface area (Å²) in [6.07, 6.45) is 4.25. The van der Waals surface area contributed by atoms with Crippen LogP contribution in [-0.2, 0) is 4.79 Å². The van der Waals surface area contributed by atoms with Crippen molar-refractivity contribution in [2.45, 2.75) is 6.42 Å². The van der Waals surface area contributed by atoms with Crippen LogP contribution in [0, 0.1) is 0 Å². The summed E-state index contributed by atoms with van der Waals surface area (Å²) >= 11 is 3.18. The lowest BCUT2D eigenvalue weighted by molar-refractivity contribution is -0.111. The number of carbonyl (C=O) groups is 2. The van der Waals surface area contributed by atoms with Crippen molar-refractivity contribution in [2.75, 3.05) is 18.3 Å². The first kappa shape index (κ1) is 18.9. The van der Waals surface area contributed by atoms with Gasteiger partial charge in [-0.1, -0.05) is 42.5 Å². The minimum atomic E-state index is -0.275. The Morgan fingerprint density at radius 1 is 0.929 bits per heavy atom. The Bertz CT molecular complexity index is 956. The van der Waals surface area contributed by atoms with E-state index in [4.69, 9.17) is 9.47 Å². The van der Waals surface area contributed by atoms with Crippen molar-refractivity contribution >= 4 is 41.2 Å². The Balaban J connectivity index is 1.62. The molecule has 0 N–H and O–H groups in total. The number of ether oxygens (including phenoxy) is 2. The second-order valence-electron chi connectivity index (χ2n) is 6.22. The SMILES string of the molecule is O=C(/C=C/c1ccc2c(c1)OCO2)C(C(=O)c1ccccc1)=C1SCCCS1. The third-order valence-corrected chi connectivity index (χ3v) is 6.92. The van der Waals surface area contributed by atoms with E-state index in [1.807, 2.05) is 36.4 Å². The highest BCUT2D eigenvalue weighted by molar-refractivity contribution is 8.22. The number of carbonyl (C=O) groups excluding carboxylic acids is 2. The van der Waals surface area contributed by atoms with E-state index < -0.39 is 0 Å². The predicted molar refractivity (Wildman–Crippen MR) is 114 cm³/mol. The highest BCUT2D eigenvalue weighted by Gasteiger charge is 2.25. The molecule has 142 valence electrons. The molecule has 2 aromatic rings. The molecule has 0 aliphatic carbocycles. The maximum absolute atomic E-state index is 13.1. The van der Waals surface area contributed by atoms with Crippen molar-refractivity contribution in [1.82, 2.24) is 0 Å². The molecule has 0 spiro atoms. The second-order valence-corrected chi connectivity index (χ2v) is 8.69. The zero-order valence-electron chi connectivity index (χ0n) is 15.1. The van der Waals surface area contributed by atoms with Crippen LogP contribution in [0.2, 0.25) is 0 Å². The summed E-state index contributed by atoms with van der Waals surface area (Å²) in [6, 6.07) is 14.5. The molecule has 0 unspecified atom stereocenters. The largest absolute Gasteiger partial charge is 0.454 e. The van der Waals surface area contributed by atoms with Crippen molar-refractivity contribution in [2.24, 2.45) is 0 Å². The van der Waals surface area contributed by atoms with E-state index in [0.29, 0.717) is 17.1 Å². The minimum Gasteiger partial charge on any atom is -0.454 e. The summed E-state index contributed by atoms with van der Waals surface area (Å²) in [4.78, 5) is 26.1. The number of benzene rings is 2. The summed E-state index contributed by atoms with van der Waals surface area (Å²) in [5.41, 5.74) is 1.61. The van der Waals surface area contributed by atoms with Gasteiger partial charge in [0.05, 0.1) is 9.81 Å². The van der Waals surface area contributed by atoms with Crippen LogP contribution in [0.15, 0.2) is 64.4 Å². The van der Waals surface area contributed by atoms with Gasteiger partial charge in [0.15, 0.2) is 23.1 Å². The number of allylic oxidation sites excluding steroid dienone is 2. The average molecular weight is 411 g/mol. The quantitative estimate of drug-likeness (QED) is 0.300. The molecule has 2 heterocycles. The smallest absolute Gasteiger partial charge is 0.231 e. The molecule has 2 aliphatic rings. The van der Waals surface area contributed by atoms with Gasteiger partial charge in [-0.2, -0.15) is 0 Å². The Hall–Kier alpha value is -2.44. The monoisotopic (exact) mass is 410 g/mol. The molecule has 2 aromatic carbocycles. The van der Waals surface area contributed by atoms with Gasteiger partial charge in [0.1, 0.15) is 0 Å². The summed E-state index contributed by atoms with van der Waals surface area (Å²) in [5.74, 6) is 2.70. The van der Waals surface area contributed by atoms with Gasteiger partial charge >= 0.3 is 0 Å². The number of hydrogen-bond acceptors (Lipinski definition) is 6. The fourth-order valence-corrected chi connectivity index (χ4v) is 5.53. The molecule has 4 rings (SSSR count). The molecule has 0 saturated carbocycles. The van der Waals surface area contributed by atoms with Gasteiger partial charge in [0, 0.05) is 5.56 Å². The molecule has 0 bridgehead atoms. The van der Waals surface area contributed by atoms with Gasteiger partial charge in [-0.15, -0.1) is 23.5 Å². The van der Waals surface area contributed by atoms with E-state index in [2.05, 4.69) is 0 Å². The number of rotatable bonds is 5. The van der Waals surface area contributed by atoms with Crippen LogP contribution >= 0.6 is 23.5 Å². The average Bonchev–Trinajstić information content (AvgIpc) is 3.22. The number of hydrogen-bond donors (Lipinski definition) is 0. The first-order valence-electron chi connectivity index (χ1n) is 8.94. The molecule has 4 nitrogen and oxygen atoms in total. The molecule has 0 aromatic heterocycles. The summed E-state index contributed by atoms with van der Waals surface area (Å²) in [5, 5.41) is 0. The first-order chi connectivity index (χ1) is 13.7. The second kappa shape index (κ2) is 8.71. The van der Waals surface area contributed by atoms with E-state index >= 15 is 0 Å². The molecule has 2 aliphatic heterocycles. The molecule has 1 saturated heterocycles. The third-order valence-electron chi connectivity index (χ3n) is 4.29. The van der Waals surface area contributed by atoms with Gasteiger partial charge < -0.3 is 9.47 Å².